The first-order chi connectivity index (χ1) is 17.9. The minimum Gasteiger partial charge on any atom is -0.480 e. The lowest BCUT2D eigenvalue weighted by Gasteiger charge is -2.20. The number of anilines is 2. The van der Waals surface area contributed by atoms with Crippen LogP contribution in [-0.2, 0) is 17.8 Å². The van der Waals surface area contributed by atoms with E-state index in [0.717, 1.165) is 56.1 Å². The number of imidazole rings is 1. The first-order valence-corrected chi connectivity index (χ1v) is 12.3. The van der Waals surface area contributed by atoms with E-state index < -0.39 is 12.0 Å². The summed E-state index contributed by atoms with van der Waals surface area (Å²) in [5, 5.41) is 16.4. The average Bonchev–Trinajstić information content (AvgIpc) is 3.51. The smallest absolute Gasteiger partial charge is 0.326 e. The highest BCUT2D eigenvalue weighted by Gasteiger charge is 2.20. The Morgan fingerprint density at radius 1 is 1.00 bits per heavy atom. The standard InChI is InChI=1S/C30H30N4O3/c1-18-14-19(2)28(20(3)15-18)32-26(29(35)36)16-21-8-10-22(11-9-21)27-13-12-23(37-27)17-31-30-33-24-6-4-5-7-25(24)34-30/h4-15,26,32H,16-17H2,1-3H3,(H,35,36)(H2,31,33,34). The highest BCUT2D eigenvalue weighted by Crippen LogP contribution is 2.26. The van der Waals surface area contributed by atoms with Crippen molar-refractivity contribution >= 4 is 28.6 Å². The van der Waals surface area contributed by atoms with Crippen LogP contribution < -0.4 is 10.6 Å². The summed E-state index contributed by atoms with van der Waals surface area (Å²) in [5.41, 5.74) is 7.89. The van der Waals surface area contributed by atoms with Gasteiger partial charge in [0.15, 0.2) is 0 Å². The van der Waals surface area contributed by atoms with Gasteiger partial charge in [-0.15, -0.1) is 0 Å². The molecule has 37 heavy (non-hydrogen) atoms. The van der Waals surface area contributed by atoms with Crippen molar-refractivity contribution in [3.05, 3.63) is 101 Å². The lowest BCUT2D eigenvalue weighted by Crippen LogP contribution is -2.32. The Morgan fingerprint density at radius 3 is 2.43 bits per heavy atom. The van der Waals surface area contributed by atoms with E-state index in [4.69, 9.17) is 4.42 Å². The monoisotopic (exact) mass is 494 g/mol. The highest BCUT2D eigenvalue weighted by atomic mass is 16.4. The van der Waals surface area contributed by atoms with Gasteiger partial charge in [-0.05, 0) is 61.7 Å². The number of hydrogen-bond donors (Lipinski definition) is 4. The maximum absolute atomic E-state index is 12.0. The summed E-state index contributed by atoms with van der Waals surface area (Å²) < 4.78 is 6.03. The fourth-order valence-corrected chi connectivity index (χ4v) is 4.66. The molecule has 3 aromatic carbocycles. The number of hydrogen-bond acceptors (Lipinski definition) is 5. The predicted molar refractivity (Wildman–Crippen MR) is 147 cm³/mol. The summed E-state index contributed by atoms with van der Waals surface area (Å²) >= 11 is 0. The fraction of sp³-hybridized carbons (Fsp3) is 0.200. The lowest BCUT2D eigenvalue weighted by molar-refractivity contribution is -0.137. The van der Waals surface area contributed by atoms with E-state index in [2.05, 4.69) is 32.7 Å². The largest absolute Gasteiger partial charge is 0.480 e. The average molecular weight is 495 g/mol. The molecule has 5 rings (SSSR count). The van der Waals surface area contributed by atoms with Crippen LogP contribution in [0.5, 0.6) is 0 Å². The van der Waals surface area contributed by atoms with Crippen LogP contribution >= 0.6 is 0 Å². The first kappa shape index (κ1) is 24.2. The third kappa shape index (κ3) is 5.51. The number of aromatic amines is 1. The number of rotatable bonds is 9. The summed E-state index contributed by atoms with van der Waals surface area (Å²) in [6.07, 6.45) is 0.368. The van der Waals surface area contributed by atoms with Gasteiger partial charge in [0, 0.05) is 17.7 Å². The van der Waals surface area contributed by atoms with Gasteiger partial charge in [0.25, 0.3) is 0 Å². The molecule has 1 atom stereocenters. The SMILES string of the molecule is Cc1cc(C)c(NC(Cc2ccc(-c3ccc(CNc4nc5ccccc5[nH]4)o3)cc2)C(=O)O)c(C)c1. The number of carboxylic acid groups (broad SMARTS) is 1. The molecule has 5 aromatic rings. The summed E-state index contributed by atoms with van der Waals surface area (Å²) in [6, 6.07) is 23.0. The minimum absolute atomic E-state index is 0.368. The molecule has 0 spiro atoms. The van der Waals surface area contributed by atoms with E-state index in [9.17, 15) is 9.90 Å². The third-order valence-corrected chi connectivity index (χ3v) is 6.45. The second kappa shape index (κ2) is 10.2. The number of fused-ring (bicyclic) bond motifs is 1. The number of aromatic nitrogens is 2. The second-order valence-corrected chi connectivity index (χ2v) is 9.43. The number of aryl methyl sites for hydroxylation is 3. The molecule has 7 heteroatoms. The molecular formula is C30H30N4O3. The number of furan rings is 1. The Morgan fingerprint density at radius 2 is 1.73 bits per heavy atom. The van der Waals surface area contributed by atoms with Gasteiger partial charge in [-0.2, -0.15) is 0 Å². The van der Waals surface area contributed by atoms with E-state index in [1.165, 1.54) is 0 Å². The van der Waals surface area contributed by atoms with Crippen LogP contribution in [0.3, 0.4) is 0 Å². The van der Waals surface area contributed by atoms with Crippen molar-refractivity contribution in [1.82, 2.24) is 9.97 Å². The molecule has 188 valence electrons. The van der Waals surface area contributed by atoms with Crippen LogP contribution in [0.1, 0.15) is 28.0 Å². The Balaban J connectivity index is 1.23. The molecular weight excluding hydrogens is 464 g/mol. The van der Waals surface area contributed by atoms with Crippen LogP contribution in [0.15, 0.2) is 77.2 Å². The van der Waals surface area contributed by atoms with Gasteiger partial charge in [0.05, 0.1) is 17.6 Å². The number of H-pyrrole nitrogens is 1. The Bertz CT molecular complexity index is 1490. The van der Waals surface area contributed by atoms with Crippen LogP contribution in [0.25, 0.3) is 22.4 Å². The van der Waals surface area contributed by atoms with E-state index in [0.29, 0.717) is 18.9 Å². The quantitative estimate of drug-likeness (QED) is 0.187. The van der Waals surface area contributed by atoms with Gasteiger partial charge in [0.2, 0.25) is 5.95 Å². The predicted octanol–water partition coefficient (Wildman–Crippen LogP) is 6.47. The van der Waals surface area contributed by atoms with Crippen molar-refractivity contribution in [3.8, 4) is 11.3 Å². The summed E-state index contributed by atoms with van der Waals surface area (Å²) in [4.78, 5) is 19.8. The van der Waals surface area contributed by atoms with Crippen LogP contribution in [0, 0.1) is 20.8 Å². The Hall–Kier alpha value is -4.52. The third-order valence-electron chi connectivity index (χ3n) is 6.45. The minimum atomic E-state index is -0.879. The number of aliphatic carboxylic acids is 1. The molecule has 4 N–H and O–H groups in total. The number of para-hydroxylation sites is 2. The van der Waals surface area contributed by atoms with Crippen LogP contribution in [0.4, 0.5) is 11.6 Å². The van der Waals surface area contributed by atoms with Gasteiger partial charge >= 0.3 is 5.97 Å². The molecule has 1 unspecified atom stereocenters. The van der Waals surface area contributed by atoms with Crippen molar-refractivity contribution in [2.75, 3.05) is 10.6 Å². The van der Waals surface area contributed by atoms with Gasteiger partial charge in [-0.3, -0.25) is 0 Å². The van der Waals surface area contributed by atoms with Crippen LogP contribution in [-0.4, -0.2) is 27.1 Å². The molecule has 0 radical (unpaired) electrons. The zero-order valence-electron chi connectivity index (χ0n) is 21.1. The molecule has 0 aliphatic heterocycles. The molecule has 0 saturated heterocycles. The van der Waals surface area contributed by atoms with Crippen molar-refractivity contribution in [2.24, 2.45) is 0 Å². The van der Waals surface area contributed by atoms with E-state index in [1.807, 2.05) is 81.4 Å². The maximum atomic E-state index is 12.0. The molecule has 2 heterocycles. The lowest BCUT2D eigenvalue weighted by atomic mass is 10.0. The van der Waals surface area contributed by atoms with E-state index >= 15 is 0 Å². The van der Waals surface area contributed by atoms with Crippen molar-refractivity contribution in [2.45, 2.75) is 39.8 Å². The zero-order chi connectivity index (χ0) is 25.9. The van der Waals surface area contributed by atoms with Gasteiger partial charge in [0.1, 0.15) is 17.6 Å². The second-order valence-electron chi connectivity index (χ2n) is 9.43. The molecule has 0 fully saturated rings. The molecule has 2 aromatic heterocycles. The van der Waals surface area contributed by atoms with Gasteiger partial charge < -0.3 is 25.1 Å². The maximum Gasteiger partial charge on any atom is 0.326 e. The van der Waals surface area contributed by atoms with Crippen molar-refractivity contribution < 1.29 is 14.3 Å². The Labute approximate surface area is 215 Å². The number of nitrogens with one attached hydrogen (secondary N) is 3. The fourth-order valence-electron chi connectivity index (χ4n) is 4.66. The normalized spacial score (nSPS) is 12.0. The van der Waals surface area contributed by atoms with Crippen molar-refractivity contribution in [3.63, 3.8) is 0 Å². The van der Waals surface area contributed by atoms with Gasteiger partial charge in [-0.25, -0.2) is 9.78 Å². The molecule has 0 aliphatic carbocycles. The number of carbonyl (C=O) groups is 1. The number of carboxylic acids is 1. The van der Waals surface area contributed by atoms with E-state index in [-0.39, 0.29) is 0 Å². The molecule has 0 aliphatic rings. The summed E-state index contributed by atoms with van der Waals surface area (Å²) in [7, 11) is 0. The molecule has 7 nitrogen and oxygen atoms in total. The number of nitrogens with zero attached hydrogens (tertiary/aromatic N) is 1. The van der Waals surface area contributed by atoms with Crippen LogP contribution in [0.2, 0.25) is 0 Å². The molecule has 0 saturated carbocycles. The molecule has 0 bridgehead atoms. The van der Waals surface area contributed by atoms with Crippen molar-refractivity contribution in [1.29, 1.82) is 0 Å². The summed E-state index contributed by atoms with van der Waals surface area (Å²) in [6.45, 7) is 6.54. The van der Waals surface area contributed by atoms with E-state index in [1.54, 1.807) is 0 Å². The Kier molecular flexibility index (Phi) is 6.68. The zero-order valence-corrected chi connectivity index (χ0v) is 21.1. The first-order valence-electron chi connectivity index (χ1n) is 12.3. The topological polar surface area (TPSA) is 103 Å². The number of benzene rings is 3. The highest BCUT2D eigenvalue weighted by molar-refractivity contribution is 5.79. The summed E-state index contributed by atoms with van der Waals surface area (Å²) in [5.74, 6) is 1.36. The molecule has 0 amide bonds. The van der Waals surface area contributed by atoms with Gasteiger partial charge in [-0.1, -0.05) is 54.1 Å².